The molecule has 2 N–H and O–H groups in total. The van der Waals surface area contributed by atoms with Gasteiger partial charge in [0.2, 0.25) is 0 Å². The molecule has 0 aliphatic rings. The van der Waals surface area contributed by atoms with Gasteiger partial charge < -0.3 is 10.6 Å². The molecule has 0 unspecified atom stereocenters. The van der Waals surface area contributed by atoms with Gasteiger partial charge in [0.05, 0.1) is 5.69 Å². The minimum absolute atomic E-state index is 0.204. The molecular weight excluding hydrogens is 174 g/mol. The van der Waals surface area contributed by atoms with Crippen molar-refractivity contribution in [3.63, 3.8) is 0 Å². The number of rotatable bonds is 4. The SMILES string of the molecule is CNCCNc1cc(F)ccc1F. The van der Waals surface area contributed by atoms with Crippen LogP contribution in [0.15, 0.2) is 18.2 Å². The molecule has 2 nitrogen and oxygen atoms in total. The van der Waals surface area contributed by atoms with Crippen molar-refractivity contribution in [3.8, 4) is 0 Å². The van der Waals surface area contributed by atoms with E-state index in [2.05, 4.69) is 10.6 Å². The lowest BCUT2D eigenvalue weighted by Gasteiger charge is -2.06. The molecule has 0 bridgehead atoms. The topological polar surface area (TPSA) is 24.1 Å². The quantitative estimate of drug-likeness (QED) is 0.698. The Kier molecular flexibility index (Phi) is 3.64. The zero-order chi connectivity index (χ0) is 9.68. The Morgan fingerprint density at radius 1 is 1.23 bits per heavy atom. The van der Waals surface area contributed by atoms with Gasteiger partial charge >= 0.3 is 0 Å². The van der Waals surface area contributed by atoms with Crippen molar-refractivity contribution in [1.29, 1.82) is 0 Å². The highest BCUT2D eigenvalue weighted by atomic mass is 19.1. The fraction of sp³-hybridized carbons (Fsp3) is 0.333. The molecule has 0 amide bonds. The Morgan fingerprint density at radius 3 is 2.69 bits per heavy atom. The molecule has 0 spiro atoms. The van der Waals surface area contributed by atoms with Crippen molar-refractivity contribution in [2.45, 2.75) is 0 Å². The predicted molar refractivity (Wildman–Crippen MR) is 48.8 cm³/mol. The van der Waals surface area contributed by atoms with Crippen LogP contribution in [0, 0.1) is 11.6 Å². The van der Waals surface area contributed by atoms with E-state index in [1.54, 1.807) is 7.05 Å². The molecule has 72 valence electrons. The van der Waals surface area contributed by atoms with Gasteiger partial charge in [0.25, 0.3) is 0 Å². The summed E-state index contributed by atoms with van der Waals surface area (Å²) in [6.45, 7) is 1.27. The fourth-order valence-corrected chi connectivity index (χ4v) is 0.955. The minimum atomic E-state index is -0.437. The van der Waals surface area contributed by atoms with Crippen LogP contribution in [-0.4, -0.2) is 20.1 Å². The first-order valence-electron chi connectivity index (χ1n) is 4.07. The molecule has 0 atom stereocenters. The third kappa shape index (κ3) is 2.99. The van der Waals surface area contributed by atoms with Crippen LogP contribution in [0.1, 0.15) is 0 Å². The number of hydrogen-bond donors (Lipinski definition) is 2. The van der Waals surface area contributed by atoms with Crippen LogP contribution < -0.4 is 10.6 Å². The maximum Gasteiger partial charge on any atom is 0.146 e. The minimum Gasteiger partial charge on any atom is -0.381 e. The molecule has 13 heavy (non-hydrogen) atoms. The molecule has 0 fully saturated rings. The molecule has 4 heteroatoms. The van der Waals surface area contributed by atoms with Gasteiger partial charge in [0.15, 0.2) is 0 Å². The molecule has 0 saturated carbocycles. The second-order valence-corrected chi connectivity index (χ2v) is 2.65. The molecule has 0 radical (unpaired) electrons. The molecule has 1 aromatic rings. The van der Waals surface area contributed by atoms with E-state index >= 15 is 0 Å². The van der Waals surface area contributed by atoms with Crippen molar-refractivity contribution in [2.75, 3.05) is 25.5 Å². The van der Waals surface area contributed by atoms with Crippen LogP contribution in [0.3, 0.4) is 0 Å². The van der Waals surface area contributed by atoms with Gasteiger partial charge in [0.1, 0.15) is 11.6 Å². The summed E-state index contributed by atoms with van der Waals surface area (Å²) in [5.74, 6) is -0.870. The van der Waals surface area contributed by atoms with Gasteiger partial charge in [-0.15, -0.1) is 0 Å². The fourth-order valence-electron chi connectivity index (χ4n) is 0.955. The third-order valence-electron chi connectivity index (χ3n) is 1.62. The van der Waals surface area contributed by atoms with E-state index in [1.807, 2.05) is 0 Å². The number of benzene rings is 1. The van der Waals surface area contributed by atoms with Crippen molar-refractivity contribution < 1.29 is 8.78 Å². The second-order valence-electron chi connectivity index (χ2n) is 2.65. The average molecular weight is 186 g/mol. The highest BCUT2D eigenvalue weighted by molar-refractivity contribution is 5.44. The Morgan fingerprint density at radius 2 is 2.00 bits per heavy atom. The van der Waals surface area contributed by atoms with Crippen LogP contribution in [0.4, 0.5) is 14.5 Å². The van der Waals surface area contributed by atoms with Crippen molar-refractivity contribution in [2.24, 2.45) is 0 Å². The van der Waals surface area contributed by atoms with E-state index in [0.717, 1.165) is 18.2 Å². The zero-order valence-corrected chi connectivity index (χ0v) is 7.40. The largest absolute Gasteiger partial charge is 0.381 e. The summed E-state index contributed by atoms with van der Waals surface area (Å²) in [6.07, 6.45) is 0. The summed E-state index contributed by atoms with van der Waals surface area (Å²) in [5.41, 5.74) is 0.204. The predicted octanol–water partition coefficient (Wildman–Crippen LogP) is 1.60. The van der Waals surface area contributed by atoms with Crippen LogP contribution >= 0.6 is 0 Å². The van der Waals surface area contributed by atoms with Gasteiger partial charge in [-0.2, -0.15) is 0 Å². The van der Waals surface area contributed by atoms with Crippen LogP contribution in [-0.2, 0) is 0 Å². The lowest BCUT2D eigenvalue weighted by molar-refractivity contribution is 0.602. The molecule has 1 rings (SSSR count). The molecule has 0 saturated heterocycles. The first-order chi connectivity index (χ1) is 6.24. The normalized spacial score (nSPS) is 10.1. The van der Waals surface area contributed by atoms with Gasteiger partial charge in [-0.25, -0.2) is 8.78 Å². The Labute approximate surface area is 76.0 Å². The van der Waals surface area contributed by atoms with E-state index in [1.165, 1.54) is 0 Å². The monoisotopic (exact) mass is 186 g/mol. The molecular formula is C9H12F2N2. The number of likely N-dealkylation sites (N-methyl/N-ethyl adjacent to an activating group) is 1. The van der Waals surface area contributed by atoms with E-state index in [9.17, 15) is 8.78 Å². The Hall–Kier alpha value is -1.16. The van der Waals surface area contributed by atoms with Crippen LogP contribution in [0.25, 0.3) is 0 Å². The first-order valence-corrected chi connectivity index (χ1v) is 4.07. The van der Waals surface area contributed by atoms with Gasteiger partial charge in [-0.05, 0) is 25.2 Å². The second kappa shape index (κ2) is 4.77. The van der Waals surface area contributed by atoms with E-state index in [0.29, 0.717) is 13.1 Å². The summed E-state index contributed by atoms with van der Waals surface area (Å²) >= 11 is 0. The smallest absolute Gasteiger partial charge is 0.146 e. The van der Waals surface area contributed by atoms with E-state index < -0.39 is 11.6 Å². The molecule has 0 aromatic heterocycles. The summed E-state index contributed by atoms with van der Waals surface area (Å²) < 4.78 is 25.6. The number of halogens is 2. The van der Waals surface area contributed by atoms with Gasteiger partial charge in [0, 0.05) is 13.1 Å². The first kappa shape index (κ1) is 9.92. The number of nitrogens with one attached hydrogen (secondary N) is 2. The average Bonchev–Trinajstić information content (AvgIpc) is 2.11. The zero-order valence-electron chi connectivity index (χ0n) is 7.40. The van der Waals surface area contributed by atoms with Crippen LogP contribution in [0.5, 0.6) is 0 Å². The molecule has 1 aromatic carbocycles. The van der Waals surface area contributed by atoms with Crippen molar-refractivity contribution in [3.05, 3.63) is 29.8 Å². The maximum atomic E-state index is 12.9. The molecule has 0 aliphatic carbocycles. The molecule has 0 aliphatic heterocycles. The highest BCUT2D eigenvalue weighted by Crippen LogP contribution is 2.14. The standard InChI is InChI=1S/C9H12F2N2/c1-12-4-5-13-9-6-7(10)2-3-8(9)11/h2-3,6,12-13H,4-5H2,1H3. The Balaban J connectivity index is 2.59. The van der Waals surface area contributed by atoms with E-state index in [4.69, 9.17) is 0 Å². The number of anilines is 1. The third-order valence-corrected chi connectivity index (χ3v) is 1.62. The van der Waals surface area contributed by atoms with Gasteiger partial charge in [-0.3, -0.25) is 0 Å². The maximum absolute atomic E-state index is 12.9. The van der Waals surface area contributed by atoms with Crippen molar-refractivity contribution in [1.82, 2.24) is 5.32 Å². The lowest BCUT2D eigenvalue weighted by Crippen LogP contribution is -2.18. The lowest BCUT2D eigenvalue weighted by atomic mass is 10.3. The summed E-state index contributed by atoms with van der Waals surface area (Å²) in [7, 11) is 1.80. The molecule has 0 heterocycles. The number of hydrogen-bond acceptors (Lipinski definition) is 2. The van der Waals surface area contributed by atoms with Crippen LogP contribution in [0.2, 0.25) is 0 Å². The Bertz CT molecular complexity index is 276. The van der Waals surface area contributed by atoms with Crippen molar-refractivity contribution >= 4 is 5.69 Å². The van der Waals surface area contributed by atoms with Gasteiger partial charge in [-0.1, -0.05) is 0 Å². The highest BCUT2D eigenvalue weighted by Gasteiger charge is 2.01. The van der Waals surface area contributed by atoms with E-state index in [-0.39, 0.29) is 5.69 Å². The summed E-state index contributed by atoms with van der Waals surface area (Å²) in [5, 5.41) is 5.67. The summed E-state index contributed by atoms with van der Waals surface area (Å²) in [4.78, 5) is 0. The summed E-state index contributed by atoms with van der Waals surface area (Å²) in [6, 6.07) is 3.35.